The van der Waals surface area contributed by atoms with Crippen LogP contribution in [0.2, 0.25) is 0 Å². The molecule has 0 atom stereocenters. The van der Waals surface area contributed by atoms with Gasteiger partial charge in [0.2, 0.25) is 0 Å². The molecule has 1 heterocycles. The largest absolute Gasteiger partial charge is 0.313 e. The summed E-state index contributed by atoms with van der Waals surface area (Å²) in [6.07, 6.45) is 9.47. The van der Waals surface area contributed by atoms with Crippen LogP contribution in [-0.2, 0) is 6.54 Å². The molecule has 1 saturated carbocycles. The second kappa shape index (κ2) is 5.49. The zero-order chi connectivity index (χ0) is 12.2. The average Bonchev–Trinajstić information content (AvgIpc) is 2.36. The average molecular weight is 240 g/mol. The quantitative estimate of drug-likeness (QED) is 0.809. The maximum absolute atomic E-state index is 4.14. The van der Waals surface area contributed by atoms with E-state index in [1.165, 1.54) is 42.0 Å². The Morgan fingerprint density at radius 2 is 2.11 bits per heavy atom. The van der Waals surface area contributed by atoms with Crippen LogP contribution in [0.4, 0.5) is 0 Å². The van der Waals surface area contributed by atoms with Crippen LogP contribution in [0.25, 0.3) is 10.8 Å². The zero-order valence-corrected chi connectivity index (χ0v) is 10.7. The van der Waals surface area contributed by atoms with E-state index in [1.54, 1.807) is 0 Å². The van der Waals surface area contributed by atoms with Crippen molar-refractivity contribution in [3.8, 4) is 0 Å². The fraction of sp³-hybridized carbons (Fsp3) is 0.438. The summed E-state index contributed by atoms with van der Waals surface area (Å²) in [5, 5.41) is 6.05. The van der Waals surface area contributed by atoms with E-state index < -0.39 is 0 Å². The van der Waals surface area contributed by atoms with Crippen LogP contribution in [0.15, 0.2) is 36.7 Å². The highest BCUT2D eigenvalue weighted by atomic mass is 14.8. The van der Waals surface area contributed by atoms with Crippen molar-refractivity contribution in [1.82, 2.24) is 10.3 Å². The minimum atomic E-state index is 0.977. The number of pyridine rings is 1. The summed E-state index contributed by atoms with van der Waals surface area (Å²) in [5.74, 6) is 1.00. The van der Waals surface area contributed by atoms with E-state index in [-0.39, 0.29) is 0 Å². The van der Waals surface area contributed by atoms with E-state index in [2.05, 4.69) is 34.6 Å². The molecule has 1 aliphatic carbocycles. The summed E-state index contributed by atoms with van der Waals surface area (Å²) in [5.41, 5.74) is 1.36. The van der Waals surface area contributed by atoms with Crippen molar-refractivity contribution in [2.45, 2.75) is 32.2 Å². The van der Waals surface area contributed by atoms with Crippen LogP contribution >= 0.6 is 0 Å². The van der Waals surface area contributed by atoms with E-state index in [9.17, 15) is 0 Å². The van der Waals surface area contributed by atoms with Crippen molar-refractivity contribution in [3.05, 3.63) is 42.2 Å². The molecule has 1 aromatic heterocycles. The zero-order valence-electron chi connectivity index (χ0n) is 10.7. The third-order valence-corrected chi connectivity index (χ3v) is 3.99. The van der Waals surface area contributed by atoms with Gasteiger partial charge in [-0.1, -0.05) is 31.4 Å². The van der Waals surface area contributed by atoms with Crippen LogP contribution in [-0.4, -0.2) is 11.5 Å². The third kappa shape index (κ3) is 2.70. The van der Waals surface area contributed by atoms with Crippen LogP contribution in [0.1, 0.15) is 31.2 Å². The van der Waals surface area contributed by atoms with Crippen LogP contribution in [0.3, 0.4) is 0 Å². The molecule has 0 saturated heterocycles. The first-order valence-electron chi connectivity index (χ1n) is 6.95. The van der Waals surface area contributed by atoms with E-state index in [0.29, 0.717) is 0 Å². The summed E-state index contributed by atoms with van der Waals surface area (Å²) in [6.45, 7) is 2.13. The van der Waals surface area contributed by atoms with Gasteiger partial charge in [0.05, 0.1) is 0 Å². The Hall–Kier alpha value is -1.41. The molecule has 0 aliphatic heterocycles. The molecule has 2 aromatic rings. The van der Waals surface area contributed by atoms with Crippen molar-refractivity contribution in [3.63, 3.8) is 0 Å². The van der Waals surface area contributed by atoms with Crippen molar-refractivity contribution < 1.29 is 0 Å². The molecule has 0 bridgehead atoms. The van der Waals surface area contributed by atoms with Gasteiger partial charge in [0, 0.05) is 24.3 Å². The summed E-state index contributed by atoms with van der Waals surface area (Å²) < 4.78 is 0. The lowest BCUT2D eigenvalue weighted by Crippen LogP contribution is -2.21. The lowest BCUT2D eigenvalue weighted by atomic mass is 9.83. The fourth-order valence-electron chi connectivity index (χ4n) is 2.56. The molecule has 0 amide bonds. The first-order valence-corrected chi connectivity index (χ1v) is 6.95. The van der Waals surface area contributed by atoms with Gasteiger partial charge in [-0.2, -0.15) is 0 Å². The van der Waals surface area contributed by atoms with Gasteiger partial charge in [-0.15, -0.1) is 0 Å². The lowest BCUT2D eigenvalue weighted by molar-refractivity contribution is 0.292. The number of nitrogens with zero attached hydrogens (tertiary/aromatic N) is 1. The normalized spacial score (nSPS) is 15.8. The Morgan fingerprint density at radius 1 is 1.17 bits per heavy atom. The highest BCUT2D eigenvalue weighted by molar-refractivity contribution is 5.81. The molecule has 1 aliphatic rings. The molecule has 94 valence electrons. The molecule has 1 fully saturated rings. The summed E-state index contributed by atoms with van der Waals surface area (Å²) >= 11 is 0. The number of nitrogens with one attached hydrogen (secondary N) is 1. The monoisotopic (exact) mass is 240 g/mol. The van der Waals surface area contributed by atoms with Crippen molar-refractivity contribution in [2.75, 3.05) is 6.54 Å². The molecule has 18 heavy (non-hydrogen) atoms. The Bertz CT molecular complexity index is 517. The molecule has 0 radical (unpaired) electrons. The van der Waals surface area contributed by atoms with Gasteiger partial charge in [-0.25, -0.2) is 0 Å². The molecular formula is C16H20N2. The van der Waals surface area contributed by atoms with E-state index in [1.807, 2.05) is 12.4 Å². The van der Waals surface area contributed by atoms with Gasteiger partial charge in [0.25, 0.3) is 0 Å². The molecule has 1 aromatic carbocycles. The molecule has 1 N–H and O–H groups in total. The SMILES string of the molecule is c1cc2cc(CNCCC3CCC3)ccc2cn1. The number of aromatic nitrogens is 1. The summed E-state index contributed by atoms with van der Waals surface area (Å²) in [7, 11) is 0. The minimum absolute atomic E-state index is 0.977. The number of benzene rings is 1. The van der Waals surface area contributed by atoms with E-state index >= 15 is 0 Å². The second-order valence-electron chi connectivity index (χ2n) is 5.32. The van der Waals surface area contributed by atoms with Crippen molar-refractivity contribution >= 4 is 10.8 Å². The number of fused-ring (bicyclic) bond motifs is 1. The molecule has 3 rings (SSSR count). The molecule has 2 nitrogen and oxygen atoms in total. The molecular weight excluding hydrogens is 220 g/mol. The Kier molecular flexibility index (Phi) is 3.56. The van der Waals surface area contributed by atoms with Crippen molar-refractivity contribution in [1.29, 1.82) is 0 Å². The minimum Gasteiger partial charge on any atom is -0.313 e. The summed E-state index contributed by atoms with van der Waals surface area (Å²) in [4.78, 5) is 4.14. The Balaban J connectivity index is 1.53. The Labute approximate surface area is 108 Å². The fourth-order valence-corrected chi connectivity index (χ4v) is 2.56. The maximum atomic E-state index is 4.14. The first kappa shape index (κ1) is 11.7. The second-order valence-corrected chi connectivity index (χ2v) is 5.32. The molecule has 0 spiro atoms. The molecule has 0 unspecified atom stereocenters. The standard InChI is InChI=1S/C16H20N2/c1-2-13(3-1)6-8-17-11-14-4-5-16-12-18-9-7-15(16)10-14/h4-5,7,9-10,12-13,17H,1-3,6,8,11H2. The van der Waals surface area contributed by atoms with Gasteiger partial charge in [0.1, 0.15) is 0 Å². The van der Waals surface area contributed by atoms with Gasteiger partial charge >= 0.3 is 0 Å². The van der Waals surface area contributed by atoms with Crippen LogP contribution in [0.5, 0.6) is 0 Å². The van der Waals surface area contributed by atoms with Gasteiger partial charge in [0.15, 0.2) is 0 Å². The predicted molar refractivity (Wildman–Crippen MR) is 75.4 cm³/mol. The lowest BCUT2D eigenvalue weighted by Gasteiger charge is -2.25. The highest BCUT2D eigenvalue weighted by Gasteiger charge is 2.15. The number of rotatable bonds is 5. The van der Waals surface area contributed by atoms with Gasteiger partial charge in [-0.3, -0.25) is 4.98 Å². The Morgan fingerprint density at radius 3 is 2.94 bits per heavy atom. The number of hydrogen-bond acceptors (Lipinski definition) is 2. The smallest absolute Gasteiger partial charge is 0.0346 e. The maximum Gasteiger partial charge on any atom is 0.0346 e. The van der Waals surface area contributed by atoms with Crippen molar-refractivity contribution in [2.24, 2.45) is 5.92 Å². The number of hydrogen-bond donors (Lipinski definition) is 1. The topological polar surface area (TPSA) is 24.9 Å². The molecule has 2 heteroatoms. The van der Waals surface area contributed by atoms with E-state index in [0.717, 1.165) is 19.0 Å². The third-order valence-electron chi connectivity index (χ3n) is 3.99. The van der Waals surface area contributed by atoms with Gasteiger partial charge in [-0.05, 0) is 42.0 Å². The van der Waals surface area contributed by atoms with Crippen LogP contribution < -0.4 is 5.32 Å². The first-order chi connectivity index (χ1) is 8.92. The summed E-state index contributed by atoms with van der Waals surface area (Å²) in [6, 6.07) is 8.69. The van der Waals surface area contributed by atoms with Crippen LogP contribution in [0, 0.1) is 5.92 Å². The predicted octanol–water partition coefficient (Wildman–Crippen LogP) is 3.51. The van der Waals surface area contributed by atoms with E-state index in [4.69, 9.17) is 0 Å². The highest BCUT2D eigenvalue weighted by Crippen LogP contribution is 2.28. The van der Waals surface area contributed by atoms with Gasteiger partial charge < -0.3 is 5.32 Å².